The Morgan fingerprint density at radius 2 is 1.83 bits per heavy atom. The summed E-state index contributed by atoms with van der Waals surface area (Å²) in [5.74, 6) is 0. The molecule has 0 unspecified atom stereocenters. The molecule has 3 aromatic rings. The first kappa shape index (κ1) is 15.1. The Morgan fingerprint density at radius 3 is 2.61 bits per heavy atom. The smallest absolute Gasteiger partial charge is 0.308 e. The van der Waals surface area contributed by atoms with Crippen molar-refractivity contribution in [2.75, 3.05) is 10.6 Å². The number of rotatable bonds is 4. The molecule has 2 amide bonds. The van der Waals surface area contributed by atoms with Gasteiger partial charge >= 0.3 is 6.03 Å². The minimum absolute atomic E-state index is 0.341. The van der Waals surface area contributed by atoms with E-state index in [1.54, 1.807) is 41.3 Å². The van der Waals surface area contributed by atoms with Crippen LogP contribution in [-0.4, -0.2) is 15.8 Å². The number of aromatic nitrogens is 2. The SMILES string of the molecule is O=C(Nc1cccc(Cl)c1)Nc1cnn(Cc2ccccc2)c1. The number of hydrogen-bond donors (Lipinski definition) is 2. The molecule has 1 aromatic heterocycles. The molecule has 0 fully saturated rings. The molecule has 3 rings (SSSR count). The highest BCUT2D eigenvalue weighted by molar-refractivity contribution is 6.30. The Balaban J connectivity index is 1.59. The van der Waals surface area contributed by atoms with Crippen LogP contribution in [0.25, 0.3) is 0 Å². The predicted molar refractivity (Wildman–Crippen MR) is 91.9 cm³/mol. The summed E-state index contributed by atoms with van der Waals surface area (Å²) in [5, 5.41) is 10.3. The summed E-state index contributed by atoms with van der Waals surface area (Å²) < 4.78 is 1.77. The molecule has 0 radical (unpaired) electrons. The molecule has 0 aliphatic heterocycles. The van der Waals surface area contributed by atoms with E-state index in [4.69, 9.17) is 11.6 Å². The molecule has 2 aromatic carbocycles. The van der Waals surface area contributed by atoms with Crippen LogP contribution < -0.4 is 10.6 Å². The number of benzene rings is 2. The minimum Gasteiger partial charge on any atom is -0.308 e. The third-order valence-corrected chi connectivity index (χ3v) is 3.40. The summed E-state index contributed by atoms with van der Waals surface area (Å²) in [6, 6.07) is 16.6. The molecule has 0 atom stereocenters. The van der Waals surface area contributed by atoms with Crippen molar-refractivity contribution in [2.45, 2.75) is 6.54 Å². The first-order valence-corrected chi connectivity index (χ1v) is 7.47. The third kappa shape index (κ3) is 4.34. The lowest BCUT2D eigenvalue weighted by atomic mass is 10.2. The van der Waals surface area contributed by atoms with Crippen LogP contribution in [0.2, 0.25) is 5.02 Å². The van der Waals surface area contributed by atoms with E-state index in [0.29, 0.717) is 22.9 Å². The largest absolute Gasteiger partial charge is 0.323 e. The van der Waals surface area contributed by atoms with Gasteiger partial charge in [0.05, 0.1) is 18.4 Å². The van der Waals surface area contributed by atoms with Crippen LogP contribution in [0, 0.1) is 0 Å². The first-order chi connectivity index (χ1) is 11.2. The summed E-state index contributed by atoms with van der Waals surface area (Å²) >= 11 is 5.88. The number of anilines is 2. The lowest BCUT2D eigenvalue weighted by Crippen LogP contribution is -2.19. The average Bonchev–Trinajstić information content (AvgIpc) is 2.95. The van der Waals surface area contributed by atoms with Crippen molar-refractivity contribution in [1.82, 2.24) is 9.78 Å². The highest BCUT2D eigenvalue weighted by atomic mass is 35.5. The van der Waals surface area contributed by atoms with Crippen molar-refractivity contribution < 1.29 is 4.79 Å². The summed E-state index contributed by atoms with van der Waals surface area (Å²) in [6.45, 7) is 0.651. The van der Waals surface area contributed by atoms with Crippen molar-refractivity contribution >= 4 is 29.0 Å². The van der Waals surface area contributed by atoms with Crippen molar-refractivity contribution in [2.24, 2.45) is 0 Å². The molecule has 0 saturated heterocycles. The van der Waals surface area contributed by atoms with Crippen LogP contribution in [0.3, 0.4) is 0 Å². The van der Waals surface area contributed by atoms with Gasteiger partial charge in [-0.3, -0.25) is 4.68 Å². The topological polar surface area (TPSA) is 59.0 Å². The van der Waals surface area contributed by atoms with E-state index >= 15 is 0 Å². The van der Waals surface area contributed by atoms with Gasteiger partial charge in [0.25, 0.3) is 0 Å². The zero-order chi connectivity index (χ0) is 16.1. The normalized spacial score (nSPS) is 10.3. The van der Waals surface area contributed by atoms with Crippen molar-refractivity contribution in [3.63, 3.8) is 0 Å². The second kappa shape index (κ2) is 6.98. The molecule has 0 aliphatic carbocycles. The summed E-state index contributed by atoms with van der Waals surface area (Å²) in [4.78, 5) is 12.0. The monoisotopic (exact) mass is 326 g/mol. The fourth-order valence-corrected chi connectivity index (χ4v) is 2.34. The number of carbonyl (C=O) groups excluding carboxylic acids is 1. The zero-order valence-corrected chi connectivity index (χ0v) is 13.0. The van der Waals surface area contributed by atoms with E-state index in [9.17, 15) is 4.79 Å². The molecule has 2 N–H and O–H groups in total. The van der Waals surface area contributed by atoms with Gasteiger partial charge in [-0.15, -0.1) is 0 Å². The maximum atomic E-state index is 12.0. The first-order valence-electron chi connectivity index (χ1n) is 7.09. The minimum atomic E-state index is -0.341. The second-order valence-corrected chi connectivity index (χ2v) is 5.44. The molecule has 6 heteroatoms. The number of halogens is 1. The fraction of sp³-hybridized carbons (Fsp3) is 0.0588. The molecule has 116 valence electrons. The van der Waals surface area contributed by atoms with Crippen LogP contribution in [0.15, 0.2) is 67.0 Å². The number of carbonyl (C=O) groups is 1. The molecular weight excluding hydrogens is 312 g/mol. The maximum Gasteiger partial charge on any atom is 0.323 e. The summed E-state index contributed by atoms with van der Waals surface area (Å²) in [5.41, 5.74) is 2.40. The lowest BCUT2D eigenvalue weighted by Gasteiger charge is -2.06. The quantitative estimate of drug-likeness (QED) is 0.753. The number of urea groups is 1. The van der Waals surface area contributed by atoms with Gasteiger partial charge in [0.1, 0.15) is 0 Å². The Kier molecular flexibility index (Phi) is 4.59. The summed E-state index contributed by atoms with van der Waals surface area (Å²) in [7, 11) is 0. The average molecular weight is 327 g/mol. The highest BCUT2D eigenvalue weighted by Gasteiger charge is 2.05. The van der Waals surface area contributed by atoms with Gasteiger partial charge in [0, 0.05) is 16.9 Å². The van der Waals surface area contributed by atoms with Crippen molar-refractivity contribution in [1.29, 1.82) is 0 Å². The predicted octanol–water partition coefficient (Wildman–Crippen LogP) is 4.23. The summed E-state index contributed by atoms with van der Waals surface area (Å²) in [6.07, 6.45) is 3.39. The Morgan fingerprint density at radius 1 is 1.04 bits per heavy atom. The van der Waals surface area contributed by atoms with E-state index in [0.717, 1.165) is 5.56 Å². The molecule has 23 heavy (non-hydrogen) atoms. The number of hydrogen-bond acceptors (Lipinski definition) is 2. The molecule has 1 heterocycles. The van der Waals surface area contributed by atoms with Crippen LogP contribution in [0.5, 0.6) is 0 Å². The highest BCUT2D eigenvalue weighted by Crippen LogP contribution is 2.15. The molecule has 0 spiro atoms. The van der Waals surface area contributed by atoms with E-state index in [-0.39, 0.29) is 6.03 Å². The van der Waals surface area contributed by atoms with Gasteiger partial charge in [-0.25, -0.2) is 4.79 Å². The van der Waals surface area contributed by atoms with E-state index < -0.39 is 0 Å². The van der Waals surface area contributed by atoms with Crippen LogP contribution in [-0.2, 0) is 6.54 Å². The Labute approximate surface area is 138 Å². The van der Waals surface area contributed by atoms with Gasteiger partial charge in [-0.05, 0) is 23.8 Å². The van der Waals surface area contributed by atoms with Gasteiger partial charge in [0.2, 0.25) is 0 Å². The van der Waals surface area contributed by atoms with Crippen molar-refractivity contribution in [3.8, 4) is 0 Å². The molecular formula is C17H15ClN4O. The van der Waals surface area contributed by atoms with E-state index in [2.05, 4.69) is 15.7 Å². The van der Waals surface area contributed by atoms with Crippen LogP contribution >= 0.6 is 11.6 Å². The lowest BCUT2D eigenvalue weighted by molar-refractivity contribution is 0.262. The Hall–Kier alpha value is -2.79. The van der Waals surface area contributed by atoms with Gasteiger partial charge in [-0.1, -0.05) is 48.0 Å². The van der Waals surface area contributed by atoms with Crippen LogP contribution in [0.4, 0.5) is 16.2 Å². The van der Waals surface area contributed by atoms with Gasteiger partial charge in [-0.2, -0.15) is 5.10 Å². The molecule has 5 nitrogen and oxygen atoms in total. The standard InChI is InChI=1S/C17H15ClN4O/c18-14-7-4-8-15(9-14)20-17(23)21-16-10-19-22(12-16)11-13-5-2-1-3-6-13/h1-10,12H,11H2,(H2,20,21,23). The molecule has 0 aliphatic rings. The van der Waals surface area contributed by atoms with E-state index in [1.165, 1.54) is 0 Å². The number of nitrogens with zero attached hydrogens (tertiary/aromatic N) is 2. The van der Waals surface area contributed by atoms with Gasteiger partial charge < -0.3 is 10.6 Å². The third-order valence-electron chi connectivity index (χ3n) is 3.16. The fourth-order valence-electron chi connectivity index (χ4n) is 2.14. The Bertz CT molecular complexity index is 801. The second-order valence-electron chi connectivity index (χ2n) is 5.00. The molecule has 0 saturated carbocycles. The number of amides is 2. The maximum absolute atomic E-state index is 12.0. The van der Waals surface area contributed by atoms with Crippen LogP contribution in [0.1, 0.15) is 5.56 Å². The molecule has 0 bridgehead atoms. The zero-order valence-electron chi connectivity index (χ0n) is 12.2. The number of nitrogens with one attached hydrogen (secondary N) is 2. The van der Waals surface area contributed by atoms with Gasteiger partial charge in [0.15, 0.2) is 0 Å². The van der Waals surface area contributed by atoms with Crippen molar-refractivity contribution in [3.05, 3.63) is 77.6 Å². The van der Waals surface area contributed by atoms with E-state index in [1.807, 2.05) is 30.3 Å².